The van der Waals surface area contributed by atoms with E-state index in [0.29, 0.717) is 6.61 Å². The third-order valence-electron chi connectivity index (χ3n) is 3.18. The average Bonchev–Trinajstić information content (AvgIpc) is 2.35. The lowest BCUT2D eigenvalue weighted by molar-refractivity contribution is 0.336. The lowest BCUT2D eigenvalue weighted by atomic mass is 9.93. The second-order valence-corrected chi connectivity index (χ2v) is 4.84. The molecule has 0 bridgehead atoms. The van der Waals surface area contributed by atoms with Crippen molar-refractivity contribution >= 4 is 10.5 Å². The Morgan fingerprint density at radius 1 is 1.00 bits per heavy atom. The smallest absolute Gasteiger partial charge is 0.246 e. The molecular formula is C15H23OSi. The van der Waals surface area contributed by atoms with Gasteiger partial charge in [-0.05, 0) is 42.4 Å². The van der Waals surface area contributed by atoms with Gasteiger partial charge in [-0.25, -0.2) is 0 Å². The Balaban J connectivity index is 2.87. The Kier molecular flexibility index (Phi) is 7.21. The van der Waals surface area contributed by atoms with E-state index in [1.165, 1.54) is 55.2 Å². The molecule has 93 valence electrons. The quantitative estimate of drug-likeness (QED) is 0.632. The maximum absolute atomic E-state index is 5.11. The van der Waals surface area contributed by atoms with Gasteiger partial charge >= 0.3 is 0 Å². The van der Waals surface area contributed by atoms with Crippen molar-refractivity contribution in [1.29, 1.82) is 0 Å². The Morgan fingerprint density at radius 2 is 1.65 bits per heavy atom. The molecule has 0 spiro atoms. The first kappa shape index (κ1) is 14.5. The molecule has 1 nitrogen and oxygen atoms in total. The molecule has 3 radical (unpaired) electrons. The summed E-state index contributed by atoms with van der Waals surface area (Å²) >= 11 is 0. The summed E-state index contributed by atoms with van der Waals surface area (Å²) in [7, 11) is 3.11. The second-order valence-electron chi connectivity index (χ2n) is 4.55. The van der Waals surface area contributed by atoms with Gasteiger partial charge in [0.2, 0.25) is 10.5 Å². The highest BCUT2D eigenvalue weighted by Gasteiger charge is 2.07. The van der Waals surface area contributed by atoms with Crippen molar-refractivity contribution in [3.63, 3.8) is 0 Å². The highest BCUT2D eigenvalue weighted by atomic mass is 28.2. The van der Waals surface area contributed by atoms with Crippen LogP contribution in [-0.2, 0) is 23.9 Å². The van der Waals surface area contributed by atoms with Crippen LogP contribution in [0.2, 0.25) is 0 Å². The monoisotopic (exact) mass is 247 g/mol. The third kappa shape index (κ3) is 4.64. The molecule has 17 heavy (non-hydrogen) atoms. The van der Waals surface area contributed by atoms with Crippen molar-refractivity contribution in [2.45, 2.75) is 59.0 Å². The molecule has 0 aromatic heterocycles. The van der Waals surface area contributed by atoms with Crippen LogP contribution in [-0.4, -0.2) is 10.5 Å². The first-order valence-corrected chi connectivity index (χ1v) is 7.12. The summed E-state index contributed by atoms with van der Waals surface area (Å²) in [6, 6.07) is 6.61. The summed E-state index contributed by atoms with van der Waals surface area (Å²) < 4.78 is 5.11. The summed E-state index contributed by atoms with van der Waals surface area (Å²) in [5, 5.41) is 0. The van der Waals surface area contributed by atoms with Crippen LogP contribution in [0.3, 0.4) is 0 Å². The lowest BCUT2D eigenvalue weighted by Gasteiger charge is -2.14. The van der Waals surface area contributed by atoms with E-state index in [4.69, 9.17) is 4.43 Å². The van der Waals surface area contributed by atoms with Crippen molar-refractivity contribution in [3.8, 4) is 0 Å². The Labute approximate surface area is 109 Å². The first-order valence-electron chi connectivity index (χ1n) is 6.71. The van der Waals surface area contributed by atoms with Crippen molar-refractivity contribution in [2.24, 2.45) is 0 Å². The molecule has 0 aliphatic heterocycles. The van der Waals surface area contributed by atoms with Crippen molar-refractivity contribution in [1.82, 2.24) is 0 Å². The zero-order chi connectivity index (χ0) is 12.5. The van der Waals surface area contributed by atoms with E-state index in [0.717, 1.165) is 0 Å². The number of unbranched alkanes of at least 4 members (excludes halogenated alkanes) is 2. The lowest BCUT2D eigenvalue weighted by Crippen LogP contribution is -2.02. The van der Waals surface area contributed by atoms with Crippen LogP contribution in [0, 0.1) is 0 Å². The van der Waals surface area contributed by atoms with Crippen LogP contribution in [0.15, 0.2) is 18.2 Å². The molecule has 2 heteroatoms. The van der Waals surface area contributed by atoms with E-state index in [-0.39, 0.29) is 0 Å². The van der Waals surface area contributed by atoms with Gasteiger partial charge in [0.15, 0.2) is 0 Å². The van der Waals surface area contributed by atoms with Gasteiger partial charge in [-0.15, -0.1) is 0 Å². The van der Waals surface area contributed by atoms with E-state index < -0.39 is 0 Å². The Bertz CT molecular complexity index is 323. The van der Waals surface area contributed by atoms with E-state index in [9.17, 15) is 0 Å². The number of rotatable bonds is 8. The van der Waals surface area contributed by atoms with Crippen molar-refractivity contribution < 1.29 is 4.43 Å². The van der Waals surface area contributed by atoms with Crippen LogP contribution in [0.4, 0.5) is 0 Å². The van der Waals surface area contributed by atoms with Gasteiger partial charge in [0.25, 0.3) is 0 Å². The second kappa shape index (κ2) is 8.48. The molecule has 0 aliphatic rings. The SMILES string of the molecule is CCCCc1cccc(CO[Si])c1CCCC. The molecule has 0 saturated heterocycles. The first-order chi connectivity index (χ1) is 8.33. The summed E-state index contributed by atoms with van der Waals surface area (Å²) in [5.41, 5.74) is 4.37. The fourth-order valence-electron chi connectivity index (χ4n) is 2.18. The van der Waals surface area contributed by atoms with E-state index >= 15 is 0 Å². The minimum absolute atomic E-state index is 0.663. The van der Waals surface area contributed by atoms with Crippen LogP contribution < -0.4 is 0 Å². The minimum Gasteiger partial charge on any atom is -0.414 e. The zero-order valence-electron chi connectivity index (χ0n) is 11.1. The van der Waals surface area contributed by atoms with Gasteiger partial charge in [0.05, 0.1) is 6.61 Å². The van der Waals surface area contributed by atoms with Gasteiger partial charge in [-0.2, -0.15) is 0 Å². The number of hydrogen-bond donors (Lipinski definition) is 0. The molecular weight excluding hydrogens is 224 g/mol. The van der Waals surface area contributed by atoms with Gasteiger partial charge in [-0.1, -0.05) is 44.9 Å². The fourth-order valence-corrected chi connectivity index (χ4v) is 2.33. The largest absolute Gasteiger partial charge is 0.414 e. The summed E-state index contributed by atoms with van der Waals surface area (Å²) in [4.78, 5) is 0. The molecule has 0 amide bonds. The predicted octanol–water partition coefficient (Wildman–Crippen LogP) is 3.97. The summed E-state index contributed by atoms with van der Waals surface area (Å²) in [5.74, 6) is 0. The molecule has 1 rings (SSSR count). The predicted molar refractivity (Wildman–Crippen MR) is 74.2 cm³/mol. The molecule has 0 aliphatic carbocycles. The maximum atomic E-state index is 5.11. The zero-order valence-corrected chi connectivity index (χ0v) is 12.1. The van der Waals surface area contributed by atoms with Crippen LogP contribution >= 0.6 is 0 Å². The number of hydrogen-bond acceptors (Lipinski definition) is 1. The third-order valence-corrected chi connectivity index (χ3v) is 3.32. The van der Waals surface area contributed by atoms with Crippen LogP contribution in [0.5, 0.6) is 0 Å². The van der Waals surface area contributed by atoms with Crippen LogP contribution in [0.1, 0.15) is 56.2 Å². The van der Waals surface area contributed by atoms with Crippen molar-refractivity contribution in [3.05, 3.63) is 34.9 Å². The normalized spacial score (nSPS) is 10.8. The molecule has 0 atom stereocenters. The Morgan fingerprint density at radius 3 is 2.29 bits per heavy atom. The average molecular weight is 247 g/mol. The molecule has 0 heterocycles. The number of aryl methyl sites for hydroxylation is 1. The molecule has 0 N–H and O–H groups in total. The van der Waals surface area contributed by atoms with E-state index in [1.807, 2.05) is 0 Å². The number of benzene rings is 1. The highest BCUT2D eigenvalue weighted by molar-refractivity contribution is 5.97. The molecule has 0 unspecified atom stereocenters. The Hall–Kier alpha value is -0.603. The fraction of sp³-hybridized carbons (Fsp3) is 0.600. The summed E-state index contributed by atoms with van der Waals surface area (Å²) in [6.45, 7) is 5.15. The molecule has 1 aromatic carbocycles. The van der Waals surface area contributed by atoms with Gasteiger partial charge in [0, 0.05) is 0 Å². The minimum atomic E-state index is 0.663. The van der Waals surface area contributed by atoms with Gasteiger partial charge in [0.1, 0.15) is 0 Å². The topological polar surface area (TPSA) is 9.23 Å². The maximum Gasteiger partial charge on any atom is 0.246 e. The highest BCUT2D eigenvalue weighted by Crippen LogP contribution is 2.20. The van der Waals surface area contributed by atoms with Gasteiger partial charge < -0.3 is 4.43 Å². The standard InChI is InChI=1S/C15H23OSi/c1-3-5-8-13-9-7-10-14(12-16-17)15(13)11-6-4-2/h7,9-10H,3-6,8,11-12H2,1-2H3. The molecule has 1 aromatic rings. The summed E-state index contributed by atoms with van der Waals surface area (Å²) in [6.07, 6.45) is 7.42. The molecule has 0 saturated carbocycles. The van der Waals surface area contributed by atoms with Crippen LogP contribution in [0.25, 0.3) is 0 Å². The van der Waals surface area contributed by atoms with E-state index in [2.05, 4.69) is 42.5 Å². The van der Waals surface area contributed by atoms with Crippen molar-refractivity contribution in [2.75, 3.05) is 0 Å². The van der Waals surface area contributed by atoms with Gasteiger partial charge in [-0.3, -0.25) is 0 Å². The van der Waals surface area contributed by atoms with E-state index in [1.54, 1.807) is 0 Å². The molecule has 0 fully saturated rings.